The quantitative estimate of drug-likeness (QED) is 0.826. The van der Waals surface area contributed by atoms with Crippen molar-refractivity contribution in [1.82, 2.24) is 4.90 Å². The maximum absolute atomic E-state index is 9.52. The summed E-state index contributed by atoms with van der Waals surface area (Å²) in [4.78, 5) is 3.46. The van der Waals surface area contributed by atoms with Gasteiger partial charge in [0.1, 0.15) is 6.07 Å². The molecular formula is C11H14N2OS. The van der Waals surface area contributed by atoms with Gasteiger partial charge < -0.3 is 5.11 Å². The van der Waals surface area contributed by atoms with Crippen molar-refractivity contribution in [3.8, 4) is 6.07 Å². The second kappa shape index (κ2) is 4.75. The Bertz CT molecular complexity index is 369. The molecule has 2 heterocycles. The molecule has 0 bridgehead atoms. The highest BCUT2D eigenvalue weighted by Gasteiger charge is 2.17. The van der Waals surface area contributed by atoms with Crippen LogP contribution in [0.4, 0.5) is 0 Å². The zero-order valence-corrected chi connectivity index (χ0v) is 9.33. The molecule has 0 aromatic carbocycles. The summed E-state index contributed by atoms with van der Waals surface area (Å²) in [6.07, 6.45) is 1.82. The SMILES string of the molecule is N#Cc1csc(CN2CCCC(O)C2)c1. The zero-order valence-electron chi connectivity index (χ0n) is 8.52. The van der Waals surface area contributed by atoms with Crippen LogP contribution >= 0.6 is 11.3 Å². The number of hydrogen-bond donors (Lipinski definition) is 1. The maximum atomic E-state index is 9.52. The van der Waals surface area contributed by atoms with Gasteiger partial charge in [-0.05, 0) is 25.5 Å². The molecule has 1 N–H and O–H groups in total. The van der Waals surface area contributed by atoms with Crippen molar-refractivity contribution in [3.63, 3.8) is 0 Å². The first-order valence-corrected chi connectivity index (χ1v) is 6.04. The highest BCUT2D eigenvalue weighted by Crippen LogP contribution is 2.18. The van der Waals surface area contributed by atoms with Gasteiger partial charge >= 0.3 is 0 Å². The summed E-state index contributed by atoms with van der Waals surface area (Å²) in [6.45, 7) is 2.68. The van der Waals surface area contributed by atoms with Crippen LogP contribution in [0.25, 0.3) is 0 Å². The molecule has 1 aromatic rings. The van der Waals surface area contributed by atoms with Gasteiger partial charge in [-0.1, -0.05) is 0 Å². The van der Waals surface area contributed by atoms with Crippen molar-refractivity contribution in [2.45, 2.75) is 25.5 Å². The van der Waals surface area contributed by atoms with Crippen LogP contribution in [0.5, 0.6) is 0 Å². The van der Waals surface area contributed by atoms with Crippen LogP contribution in [0.3, 0.4) is 0 Å². The summed E-state index contributed by atoms with van der Waals surface area (Å²) in [6, 6.07) is 4.07. The highest BCUT2D eigenvalue weighted by atomic mass is 32.1. The number of piperidine rings is 1. The van der Waals surface area contributed by atoms with Gasteiger partial charge in [0, 0.05) is 23.3 Å². The fourth-order valence-electron chi connectivity index (χ4n) is 1.92. The van der Waals surface area contributed by atoms with Gasteiger partial charge in [-0.3, -0.25) is 4.90 Å². The molecule has 15 heavy (non-hydrogen) atoms. The first kappa shape index (κ1) is 10.6. The minimum absolute atomic E-state index is 0.172. The Labute approximate surface area is 93.6 Å². The van der Waals surface area contributed by atoms with Crippen molar-refractivity contribution in [2.24, 2.45) is 0 Å². The van der Waals surface area contributed by atoms with E-state index in [1.54, 1.807) is 11.3 Å². The zero-order chi connectivity index (χ0) is 10.7. The van der Waals surface area contributed by atoms with E-state index in [0.29, 0.717) is 0 Å². The van der Waals surface area contributed by atoms with Crippen LogP contribution in [0.15, 0.2) is 11.4 Å². The minimum Gasteiger partial charge on any atom is -0.392 e. The number of likely N-dealkylation sites (tertiary alicyclic amines) is 1. The molecule has 4 heteroatoms. The molecule has 1 aliphatic rings. The predicted octanol–water partition coefficient (Wildman–Crippen LogP) is 1.58. The van der Waals surface area contributed by atoms with Crippen molar-refractivity contribution < 1.29 is 5.11 Å². The fraction of sp³-hybridized carbons (Fsp3) is 0.545. The van der Waals surface area contributed by atoms with Crippen molar-refractivity contribution in [1.29, 1.82) is 5.26 Å². The monoisotopic (exact) mass is 222 g/mol. The molecule has 1 aromatic heterocycles. The van der Waals surface area contributed by atoms with Crippen molar-refractivity contribution in [3.05, 3.63) is 21.9 Å². The minimum atomic E-state index is -0.172. The molecule has 0 saturated carbocycles. The lowest BCUT2D eigenvalue weighted by molar-refractivity contribution is 0.0673. The summed E-state index contributed by atoms with van der Waals surface area (Å²) < 4.78 is 0. The van der Waals surface area contributed by atoms with E-state index in [0.717, 1.165) is 38.0 Å². The van der Waals surface area contributed by atoms with E-state index < -0.39 is 0 Å². The summed E-state index contributed by atoms with van der Waals surface area (Å²) in [5, 5.41) is 20.1. The molecule has 1 atom stereocenters. The van der Waals surface area contributed by atoms with E-state index in [1.165, 1.54) is 4.88 Å². The molecule has 0 aliphatic carbocycles. The van der Waals surface area contributed by atoms with Gasteiger partial charge in [-0.2, -0.15) is 5.26 Å². The lowest BCUT2D eigenvalue weighted by Crippen LogP contribution is -2.37. The van der Waals surface area contributed by atoms with Gasteiger partial charge in [0.2, 0.25) is 0 Å². The van der Waals surface area contributed by atoms with Crippen LogP contribution in [0.1, 0.15) is 23.3 Å². The molecule has 2 rings (SSSR count). The fourth-order valence-corrected chi connectivity index (χ4v) is 2.77. The number of thiophene rings is 1. The van der Waals surface area contributed by atoms with Gasteiger partial charge in [-0.15, -0.1) is 11.3 Å². The number of β-amino-alcohol motifs (C(OH)–C–C–N with tert-alkyl or cyclic N) is 1. The number of aliphatic hydroxyl groups excluding tert-OH is 1. The Balaban J connectivity index is 1.93. The third kappa shape index (κ3) is 2.78. The molecule has 0 radical (unpaired) electrons. The summed E-state index contributed by atoms with van der Waals surface area (Å²) >= 11 is 1.62. The lowest BCUT2D eigenvalue weighted by Gasteiger charge is -2.29. The topological polar surface area (TPSA) is 47.3 Å². The summed E-state index contributed by atoms with van der Waals surface area (Å²) in [5.41, 5.74) is 0.743. The third-order valence-corrected chi connectivity index (χ3v) is 3.56. The van der Waals surface area contributed by atoms with E-state index in [9.17, 15) is 5.11 Å². The Morgan fingerprint density at radius 3 is 3.20 bits per heavy atom. The van der Waals surface area contributed by atoms with E-state index in [4.69, 9.17) is 5.26 Å². The van der Waals surface area contributed by atoms with Gasteiger partial charge in [0.05, 0.1) is 11.7 Å². The number of rotatable bonds is 2. The molecular weight excluding hydrogens is 208 g/mol. The largest absolute Gasteiger partial charge is 0.392 e. The highest BCUT2D eigenvalue weighted by molar-refractivity contribution is 7.10. The van der Waals surface area contributed by atoms with Crippen LogP contribution in [-0.2, 0) is 6.54 Å². The molecule has 1 aliphatic heterocycles. The Kier molecular flexibility index (Phi) is 3.37. The Morgan fingerprint density at radius 1 is 1.67 bits per heavy atom. The van der Waals surface area contributed by atoms with Crippen LogP contribution in [0.2, 0.25) is 0 Å². The molecule has 0 spiro atoms. The van der Waals surface area contributed by atoms with E-state index in [-0.39, 0.29) is 6.10 Å². The average molecular weight is 222 g/mol. The van der Waals surface area contributed by atoms with Gasteiger partial charge in [0.15, 0.2) is 0 Å². The lowest BCUT2D eigenvalue weighted by atomic mass is 10.1. The molecule has 1 saturated heterocycles. The first-order valence-electron chi connectivity index (χ1n) is 5.16. The summed E-state index contributed by atoms with van der Waals surface area (Å²) in [5.74, 6) is 0. The summed E-state index contributed by atoms with van der Waals surface area (Å²) in [7, 11) is 0. The van der Waals surface area contributed by atoms with Crippen molar-refractivity contribution >= 4 is 11.3 Å². The van der Waals surface area contributed by atoms with Crippen molar-refractivity contribution in [2.75, 3.05) is 13.1 Å². The Morgan fingerprint density at radius 2 is 2.53 bits per heavy atom. The Hall–Kier alpha value is -0.890. The first-order chi connectivity index (χ1) is 7.28. The molecule has 3 nitrogen and oxygen atoms in total. The average Bonchev–Trinajstić information content (AvgIpc) is 2.65. The van der Waals surface area contributed by atoms with Crippen LogP contribution in [-0.4, -0.2) is 29.2 Å². The molecule has 1 unspecified atom stereocenters. The predicted molar refractivity (Wildman–Crippen MR) is 59.6 cm³/mol. The molecule has 0 amide bonds. The van der Waals surface area contributed by atoms with E-state index >= 15 is 0 Å². The van der Waals surface area contributed by atoms with Gasteiger partial charge in [0.25, 0.3) is 0 Å². The standard InChI is InChI=1S/C11H14N2OS/c12-5-9-4-11(15-8-9)7-13-3-1-2-10(14)6-13/h4,8,10,14H,1-3,6-7H2. The normalized spacial score (nSPS) is 22.5. The number of hydrogen-bond acceptors (Lipinski definition) is 4. The van der Waals surface area contributed by atoms with Crippen LogP contribution in [0, 0.1) is 11.3 Å². The van der Waals surface area contributed by atoms with E-state index in [1.807, 2.05) is 11.4 Å². The number of nitrogens with zero attached hydrogens (tertiary/aromatic N) is 2. The molecule has 1 fully saturated rings. The van der Waals surface area contributed by atoms with Crippen LogP contribution < -0.4 is 0 Å². The number of nitriles is 1. The van der Waals surface area contributed by atoms with E-state index in [2.05, 4.69) is 11.0 Å². The number of aliphatic hydroxyl groups is 1. The maximum Gasteiger partial charge on any atom is 0.100 e. The second-order valence-corrected chi connectivity index (χ2v) is 4.94. The molecule has 80 valence electrons. The third-order valence-electron chi connectivity index (χ3n) is 2.64. The second-order valence-electron chi connectivity index (χ2n) is 3.94. The smallest absolute Gasteiger partial charge is 0.100 e. The van der Waals surface area contributed by atoms with Gasteiger partial charge in [-0.25, -0.2) is 0 Å².